The Bertz CT molecular complexity index is 1650. The van der Waals surface area contributed by atoms with Crippen LogP contribution in [0, 0.1) is 13.8 Å². The summed E-state index contributed by atoms with van der Waals surface area (Å²) in [6.45, 7) is 8.00. The Morgan fingerprint density at radius 1 is 1.03 bits per heavy atom. The summed E-state index contributed by atoms with van der Waals surface area (Å²) in [7, 11) is 0. The Balaban J connectivity index is 1.53. The fourth-order valence-corrected chi connectivity index (χ4v) is 6.18. The van der Waals surface area contributed by atoms with Crippen LogP contribution in [-0.2, 0) is 5.75 Å². The van der Waals surface area contributed by atoms with Gasteiger partial charge in [0.15, 0.2) is 5.16 Å². The molecule has 8 heteroatoms. The summed E-state index contributed by atoms with van der Waals surface area (Å²) in [6, 6.07) is 15.5. The van der Waals surface area contributed by atoms with Crippen LogP contribution in [-0.4, -0.2) is 19.5 Å². The summed E-state index contributed by atoms with van der Waals surface area (Å²) in [5.41, 5.74) is 3.60. The van der Waals surface area contributed by atoms with Crippen molar-refractivity contribution in [1.82, 2.24) is 19.5 Å². The molecular weight excluding hydrogens is 464 g/mol. The maximum Gasteiger partial charge on any atom is 0.262 e. The fourth-order valence-electron chi connectivity index (χ4n) is 4.12. The Morgan fingerprint density at radius 2 is 1.76 bits per heavy atom. The number of hydrogen-bond acceptors (Lipinski definition) is 6. The predicted molar refractivity (Wildman–Crippen MR) is 141 cm³/mol. The first-order chi connectivity index (χ1) is 16.3. The van der Waals surface area contributed by atoms with Gasteiger partial charge in [-0.3, -0.25) is 14.2 Å². The molecule has 0 aliphatic rings. The molecule has 1 N–H and O–H groups in total. The van der Waals surface area contributed by atoms with Crippen LogP contribution in [0.4, 0.5) is 0 Å². The highest BCUT2D eigenvalue weighted by molar-refractivity contribution is 7.98. The number of aryl methyl sites for hydroxylation is 2. The van der Waals surface area contributed by atoms with E-state index in [-0.39, 0.29) is 17.2 Å². The van der Waals surface area contributed by atoms with E-state index in [4.69, 9.17) is 9.97 Å². The molecule has 0 bridgehead atoms. The summed E-state index contributed by atoms with van der Waals surface area (Å²) in [5, 5.41) is 1.85. The Hall–Kier alpha value is -3.23. The average Bonchev–Trinajstić information content (AvgIpc) is 3.14. The van der Waals surface area contributed by atoms with Crippen LogP contribution in [0.5, 0.6) is 0 Å². The van der Waals surface area contributed by atoms with Crippen LogP contribution in [0.2, 0.25) is 0 Å². The van der Waals surface area contributed by atoms with Crippen LogP contribution < -0.4 is 11.1 Å². The first kappa shape index (κ1) is 22.6. The molecule has 34 heavy (non-hydrogen) atoms. The fraction of sp³-hybridized carbons (Fsp3) is 0.231. The molecule has 0 saturated carbocycles. The van der Waals surface area contributed by atoms with Gasteiger partial charge in [-0.25, -0.2) is 9.97 Å². The van der Waals surface area contributed by atoms with Crippen LogP contribution in [0.25, 0.3) is 32.2 Å². The Morgan fingerprint density at radius 3 is 2.50 bits per heavy atom. The molecule has 172 valence electrons. The molecule has 3 aromatic heterocycles. The monoisotopic (exact) mass is 488 g/mol. The van der Waals surface area contributed by atoms with Crippen molar-refractivity contribution in [3.63, 3.8) is 0 Å². The first-order valence-electron chi connectivity index (χ1n) is 11.1. The Labute approximate surface area is 204 Å². The van der Waals surface area contributed by atoms with Crippen LogP contribution in [0.3, 0.4) is 0 Å². The number of benzene rings is 2. The number of nitrogens with zero attached hydrogens (tertiary/aromatic N) is 3. The summed E-state index contributed by atoms with van der Waals surface area (Å²) in [5.74, 6) is 0.969. The van der Waals surface area contributed by atoms with Gasteiger partial charge in [0.1, 0.15) is 10.7 Å². The second-order valence-corrected chi connectivity index (χ2v) is 10.7. The molecule has 0 spiro atoms. The number of fused-ring (bicyclic) bond motifs is 2. The van der Waals surface area contributed by atoms with E-state index in [1.807, 2.05) is 58.0 Å². The maximum atomic E-state index is 13.1. The van der Waals surface area contributed by atoms with E-state index in [0.717, 1.165) is 20.8 Å². The van der Waals surface area contributed by atoms with Gasteiger partial charge in [-0.1, -0.05) is 53.7 Å². The summed E-state index contributed by atoms with van der Waals surface area (Å²) < 4.78 is 1.70. The van der Waals surface area contributed by atoms with Gasteiger partial charge in [-0.05, 0) is 45.4 Å². The summed E-state index contributed by atoms with van der Waals surface area (Å²) >= 11 is 2.94. The molecule has 0 unspecified atom stereocenters. The van der Waals surface area contributed by atoms with E-state index in [0.29, 0.717) is 33.0 Å². The average molecular weight is 489 g/mol. The van der Waals surface area contributed by atoms with Gasteiger partial charge < -0.3 is 4.98 Å². The number of aromatic amines is 1. The number of hydrogen-bond donors (Lipinski definition) is 1. The van der Waals surface area contributed by atoms with Gasteiger partial charge in [-0.2, -0.15) is 0 Å². The van der Waals surface area contributed by atoms with Crippen molar-refractivity contribution in [2.45, 2.75) is 44.6 Å². The zero-order valence-electron chi connectivity index (χ0n) is 19.4. The lowest BCUT2D eigenvalue weighted by Gasteiger charge is -2.15. The highest BCUT2D eigenvalue weighted by Crippen LogP contribution is 2.36. The predicted octanol–water partition coefficient (Wildman–Crippen LogP) is 5.85. The summed E-state index contributed by atoms with van der Waals surface area (Å²) in [4.78, 5) is 40.4. The minimum Gasteiger partial charge on any atom is -0.309 e. The zero-order chi connectivity index (χ0) is 24.0. The molecule has 0 atom stereocenters. The Kier molecular flexibility index (Phi) is 5.87. The van der Waals surface area contributed by atoms with E-state index in [9.17, 15) is 9.59 Å². The molecule has 5 rings (SSSR count). The standard InChI is InChI=1S/C26H24N4O2S2/c1-14(2)30-25(32)18-7-5-6-8-19(18)27-26(30)33-13-20-28-23(31)22-21(16(4)34-24(22)29-20)17-11-9-15(3)10-12-17/h5-12,14H,13H2,1-4H3,(H,28,29,31). The first-order valence-corrected chi connectivity index (χ1v) is 12.9. The third-order valence-corrected chi connectivity index (χ3v) is 7.72. The van der Waals surface area contributed by atoms with Gasteiger partial charge >= 0.3 is 0 Å². The number of thiophene rings is 1. The van der Waals surface area contributed by atoms with Crippen molar-refractivity contribution in [1.29, 1.82) is 0 Å². The molecule has 3 heterocycles. The van der Waals surface area contributed by atoms with Gasteiger partial charge in [0.25, 0.3) is 11.1 Å². The van der Waals surface area contributed by atoms with Gasteiger partial charge in [0.05, 0.1) is 22.0 Å². The molecule has 0 fully saturated rings. The van der Waals surface area contributed by atoms with E-state index < -0.39 is 0 Å². The smallest absolute Gasteiger partial charge is 0.262 e. The molecule has 5 aromatic rings. The van der Waals surface area contributed by atoms with Crippen molar-refractivity contribution >= 4 is 44.2 Å². The molecule has 0 aliphatic carbocycles. The SMILES string of the molecule is Cc1ccc(-c2c(C)sc3nc(CSc4nc5ccccc5c(=O)n4C(C)C)[nH]c(=O)c23)cc1. The number of aromatic nitrogens is 4. The van der Waals surface area contributed by atoms with E-state index in [2.05, 4.69) is 17.1 Å². The summed E-state index contributed by atoms with van der Waals surface area (Å²) in [6.07, 6.45) is 0. The quantitative estimate of drug-likeness (QED) is 0.248. The normalized spacial score (nSPS) is 11.7. The van der Waals surface area contributed by atoms with Crippen LogP contribution >= 0.6 is 23.1 Å². The minimum absolute atomic E-state index is 0.0430. The number of nitrogens with one attached hydrogen (secondary N) is 1. The molecule has 0 radical (unpaired) electrons. The highest BCUT2D eigenvalue weighted by atomic mass is 32.2. The topological polar surface area (TPSA) is 80.6 Å². The lowest BCUT2D eigenvalue weighted by molar-refractivity contribution is 0.519. The number of H-pyrrole nitrogens is 1. The maximum absolute atomic E-state index is 13.1. The molecule has 6 nitrogen and oxygen atoms in total. The number of rotatable bonds is 5. The van der Waals surface area contributed by atoms with Crippen molar-refractivity contribution in [2.75, 3.05) is 0 Å². The largest absolute Gasteiger partial charge is 0.309 e. The number of thioether (sulfide) groups is 1. The van der Waals surface area contributed by atoms with E-state index in [1.165, 1.54) is 28.7 Å². The lowest BCUT2D eigenvalue weighted by atomic mass is 10.0. The van der Waals surface area contributed by atoms with Crippen molar-refractivity contribution in [3.05, 3.63) is 85.5 Å². The molecular formula is C26H24N4O2S2. The molecule has 0 amide bonds. The van der Waals surface area contributed by atoms with Crippen LogP contribution in [0.1, 0.15) is 36.2 Å². The van der Waals surface area contributed by atoms with Crippen molar-refractivity contribution < 1.29 is 0 Å². The third kappa shape index (κ3) is 3.97. The minimum atomic E-state index is -0.145. The molecule has 0 aliphatic heterocycles. The zero-order valence-corrected chi connectivity index (χ0v) is 21.0. The van der Waals surface area contributed by atoms with Gasteiger partial charge in [-0.15, -0.1) is 11.3 Å². The lowest BCUT2D eigenvalue weighted by Crippen LogP contribution is -2.25. The van der Waals surface area contributed by atoms with Crippen molar-refractivity contribution in [3.8, 4) is 11.1 Å². The van der Waals surface area contributed by atoms with Gasteiger partial charge in [0, 0.05) is 16.5 Å². The third-order valence-electron chi connectivity index (χ3n) is 5.76. The van der Waals surface area contributed by atoms with Gasteiger partial charge in [0.2, 0.25) is 0 Å². The molecule has 0 saturated heterocycles. The van der Waals surface area contributed by atoms with Crippen LogP contribution in [0.15, 0.2) is 63.3 Å². The second kappa shape index (κ2) is 8.85. The second-order valence-electron chi connectivity index (χ2n) is 8.56. The van der Waals surface area contributed by atoms with Crippen molar-refractivity contribution in [2.24, 2.45) is 0 Å². The van der Waals surface area contributed by atoms with E-state index >= 15 is 0 Å². The number of para-hydroxylation sites is 1. The highest BCUT2D eigenvalue weighted by Gasteiger charge is 2.18. The molecule has 2 aromatic carbocycles. The van der Waals surface area contributed by atoms with E-state index in [1.54, 1.807) is 10.6 Å².